The van der Waals surface area contributed by atoms with Gasteiger partial charge in [0.1, 0.15) is 5.75 Å². The highest BCUT2D eigenvalue weighted by molar-refractivity contribution is 5.94. The molecule has 1 atom stereocenters. The van der Waals surface area contributed by atoms with E-state index in [-0.39, 0.29) is 11.9 Å². The molecule has 1 aromatic carbocycles. The summed E-state index contributed by atoms with van der Waals surface area (Å²) in [6.45, 7) is 3.23. The second-order valence-corrected chi connectivity index (χ2v) is 6.51. The monoisotopic (exact) mass is 339 g/mol. The van der Waals surface area contributed by atoms with Crippen molar-refractivity contribution in [3.05, 3.63) is 59.4 Å². The molecular formula is C20H25N3O2. The molecule has 1 unspecified atom stereocenters. The van der Waals surface area contributed by atoms with Gasteiger partial charge in [-0.15, -0.1) is 0 Å². The predicted molar refractivity (Wildman–Crippen MR) is 97.5 cm³/mol. The molecule has 25 heavy (non-hydrogen) atoms. The van der Waals surface area contributed by atoms with Gasteiger partial charge >= 0.3 is 0 Å². The van der Waals surface area contributed by atoms with E-state index < -0.39 is 0 Å². The Kier molecular flexibility index (Phi) is 5.66. The van der Waals surface area contributed by atoms with Gasteiger partial charge in [-0.05, 0) is 74.5 Å². The van der Waals surface area contributed by atoms with Crippen LogP contribution >= 0.6 is 0 Å². The van der Waals surface area contributed by atoms with Crippen molar-refractivity contribution in [1.29, 1.82) is 0 Å². The number of carbonyl (C=O) groups excluding carboxylic acids is 1. The number of nitrogens with one attached hydrogen (secondary N) is 1. The van der Waals surface area contributed by atoms with E-state index in [2.05, 4.69) is 10.3 Å². The SMILES string of the molecule is Cc1cccnc1C(NC(=O)c1ccc(OCCCN)cc1)C1CC1. The van der Waals surface area contributed by atoms with Crippen molar-refractivity contribution < 1.29 is 9.53 Å². The molecule has 1 fully saturated rings. The standard InChI is InChI=1S/C20H25N3O2/c1-14-4-2-12-22-18(14)19(15-5-6-15)23-20(24)16-7-9-17(10-8-16)25-13-3-11-21/h2,4,7-10,12,15,19H,3,5-6,11,13,21H2,1H3,(H,23,24). The van der Waals surface area contributed by atoms with Gasteiger partial charge in [0.25, 0.3) is 5.91 Å². The lowest BCUT2D eigenvalue weighted by Crippen LogP contribution is -2.31. The molecule has 5 nitrogen and oxygen atoms in total. The van der Waals surface area contributed by atoms with Gasteiger partial charge in [-0.3, -0.25) is 9.78 Å². The van der Waals surface area contributed by atoms with Gasteiger partial charge in [0.05, 0.1) is 18.3 Å². The number of ether oxygens (including phenoxy) is 1. The number of nitrogens with zero attached hydrogens (tertiary/aromatic N) is 1. The fraction of sp³-hybridized carbons (Fsp3) is 0.400. The molecule has 2 aromatic rings. The van der Waals surface area contributed by atoms with Crippen molar-refractivity contribution >= 4 is 5.91 Å². The van der Waals surface area contributed by atoms with Crippen LogP contribution in [-0.4, -0.2) is 24.0 Å². The lowest BCUT2D eigenvalue weighted by molar-refractivity contribution is 0.0930. The zero-order chi connectivity index (χ0) is 17.6. The van der Waals surface area contributed by atoms with Crippen molar-refractivity contribution in [2.45, 2.75) is 32.2 Å². The molecule has 132 valence electrons. The Morgan fingerprint density at radius 3 is 2.72 bits per heavy atom. The number of aryl methyl sites for hydroxylation is 1. The molecule has 1 heterocycles. The quantitative estimate of drug-likeness (QED) is 0.725. The van der Waals surface area contributed by atoms with Crippen LogP contribution < -0.4 is 15.8 Å². The van der Waals surface area contributed by atoms with Gasteiger partial charge < -0.3 is 15.8 Å². The molecule has 0 bridgehead atoms. The number of pyridine rings is 1. The van der Waals surface area contributed by atoms with Gasteiger partial charge in [-0.1, -0.05) is 6.07 Å². The van der Waals surface area contributed by atoms with E-state index in [1.165, 1.54) is 0 Å². The number of carbonyl (C=O) groups is 1. The van der Waals surface area contributed by atoms with Crippen LogP contribution in [0.15, 0.2) is 42.6 Å². The van der Waals surface area contributed by atoms with Crippen LogP contribution in [0.2, 0.25) is 0 Å². The van der Waals surface area contributed by atoms with E-state index in [0.717, 1.165) is 36.3 Å². The zero-order valence-electron chi connectivity index (χ0n) is 14.6. The number of rotatable bonds is 8. The third-order valence-electron chi connectivity index (χ3n) is 4.46. The topological polar surface area (TPSA) is 77.2 Å². The third kappa shape index (κ3) is 4.57. The Balaban J connectivity index is 1.67. The molecule has 0 saturated heterocycles. The molecule has 3 N–H and O–H groups in total. The van der Waals surface area contributed by atoms with Crippen LogP contribution in [0.5, 0.6) is 5.75 Å². The van der Waals surface area contributed by atoms with Crippen LogP contribution in [0.3, 0.4) is 0 Å². The summed E-state index contributed by atoms with van der Waals surface area (Å²) in [5.74, 6) is 1.16. The van der Waals surface area contributed by atoms with Gasteiger partial charge in [-0.25, -0.2) is 0 Å². The van der Waals surface area contributed by atoms with Crippen molar-refractivity contribution in [3.63, 3.8) is 0 Å². The summed E-state index contributed by atoms with van der Waals surface area (Å²) in [4.78, 5) is 17.1. The minimum atomic E-state index is -0.0736. The predicted octanol–water partition coefficient (Wildman–Crippen LogP) is 3.00. The summed E-state index contributed by atoms with van der Waals surface area (Å²) >= 11 is 0. The summed E-state index contributed by atoms with van der Waals surface area (Å²) < 4.78 is 5.57. The van der Waals surface area contributed by atoms with E-state index in [9.17, 15) is 4.79 Å². The number of hydrogen-bond donors (Lipinski definition) is 2. The van der Waals surface area contributed by atoms with Gasteiger partial charge in [-0.2, -0.15) is 0 Å². The molecule has 0 aliphatic heterocycles. The van der Waals surface area contributed by atoms with Gasteiger partial charge in [0.2, 0.25) is 0 Å². The highest BCUT2D eigenvalue weighted by Crippen LogP contribution is 2.41. The number of hydrogen-bond acceptors (Lipinski definition) is 4. The van der Waals surface area contributed by atoms with E-state index in [1.54, 1.807) is 18.3 Å². The number of amides is 1. The zero-order valence-corrected chi connectivity index (χ0v) is 14.6. The lowest BCUT2D eigenvalue weighted by Gasteiger charge is -2.19. The van der Waals surface area contributed by atoms with Crippen LogP contribution in [0.4, 0.5) is 0 Å². The molecule has 0 radical (unpaired) electrons. The maximum Gasteiger partial charge on any atom is 0.251 e. The number of aromatic nitrogens is 1. The summed E-state index contributed by atoms with van der Waals surface area (Å²) in [5.41, 5.74) is 8.17. The Labute approximate surface area is 148 Å². The number of benzene rings is 1. The second-order valence-electron chi connectivity index (χ2n) is 6.51. The Morgan fingerprint density at radius 1 is 1.32 bits per heavy atom. The highest BCUT2D eigenvalue weighted by Gasteiger charge is 2.35. The van der Waals surface area contributed by atoms with E-state index in [4.69, 9.17) is 10.5 Å². The first-order valence-corrected chi connectivity index (χ1v) is 8.84. The first-order chi connectivity index (χ1) is 12.2. The minimum absolute atomic E-state index is 0.0193. The lowest BCUT2D eigenvalue weighted by atomic mass is 10.0. The summed E-state index contributed by atoms with van der Waals surface area (Å²) in [7, 11) is 0. The Morgan fingerprint density at radius 2 is 2.08 bits per heavy atom. The molecule has 1 aliphatic rings. The highest BCUT2D eigenvalue weighted by atomic mass is 16.5. The Hall–Kier alpha value is -2.40. The molecule has 1 aromatic heterocycles. The van der Waals surface area contributed by atoms with E-state index >= 15 is 0 Å². The van der Waals surface area contributed by atoms with Crippen molar-refractivity contribution in [1.82, 2.24) is 10.3 Å². The van der Waals surface area contributed by atoms with E-state index in [0.29, 0.717) is 24.6 Å². The fourth-order valence-corrected chi connectivity index (χ4v) is 2.86. The number of nitrogens with two attached hydrogens (primary N) is 1. The van der Waals surface area contributed by atoms with Gasteiger partial charge in [0.15, 0.2) is 0 Å². The largest absolute Gasteiger partial charge is 0.494 e. The first kappa shape index (κ1) is 17.4. The van der Waals surface area contributed by atoms with Crippen molar-refractivity contribution in [2.24, 2.45) is 11.7 Å². The fourth-order valence-electron chi connectivity index (χ4n) is 2.86. The van der Waals surface area contributed by atoms with Crippen molar-refractivity contribution in [3.8, 4) is 5.75 Å². The molecular weight excluding hydrogens is 314 g/mol. The second kappa shape index (κ2) is 8.12. The normalized spacial score (nSPS) is 14.8. The summed E-state index contributed by atoms with van der Waals surface area (Å²) in [6, 6.07) is 11.2. The summed E-state index contributed by atoms with van der Waals surface area (Å²) in [5, 5.41) is 3.17. The first-order valence-electron chi connectivity index (χ1n) is 8.84. The van der Waals surface area contributed by atoms with E-state index in [1.807, 2.05) is 31.2 Å². The molecule has 1 aliphatic carbocycles. The molecule has 5 heteroatoms. The Bertz CT molecular complexity index is 711. The van der Waals surface area contributed by atoms with Crippen LogP contribution in [0.25, 0.3) is 0 Å². The maximum atomic E-state index is 12.6. The van der Waals surface area contributed by atoms with Crippen molar-refractivity contribution in [2.75, 3.05) is 13.2 Å². The summed E-state index contributed by atoms with van der Waals surface area (Å²) in [6.07, 6.45) is 4.87. The van der Waals surface area contributed by atoms with Crippen LogP contribution in [-0.2, 0) is 0 Å². The molecule has 1 saturated carbocycles. The maximum absolute atomic E-state index is 12.6. The van der Waals surface area contributed by atoms with Gasteiger partial charge in [0, 0.05) is 11.8 Å². The molecule has 0 spiro atoms. The minimum Gasteiger partial charge on any atom is -0.494 e. The average molecular weight is 339 g/mol. The smallest absolute Gasteiger partial charge is 0.251 e. The van der Waals surface area contributed by atoms with Crippen LogP contribution in [0.1, 0.15) is 46.9 Å². The molecule has 1 amide bonds. The molecule has 3 rings (SSSR count). The average Bonchev–Trinajstić information content (AvgIpc) is 3.46. The third-order valence-corrected chi connectivity index (χ3v) is 4.46. The van der Waals surface area contributed by atoms with Crippen LogP contribution in [0, 0.1) is 12.8 Å².